The maximum absolute atomic E-state index is 6.14. The van der Waals surface area contributed by atoms with Gasteiger partial charge in [-0.2, -0.15) is 9.13 Å². The van der Waals surface area contributed by atoms with E-state index in [2.05, 4.69) is 130 Å². The molecule has 2 aromatic heterocycles. The van der Waals surface area contributed by atoms with Crippen LogP contribution < -0.4 is 28.4 Å². The fourth-order valence-electron chi connectivity index (χ4n) is 7.11. The van der Waals surface area contributed by atoms with Crippen LogP contribution in [0.5, 0.6) is 11.5 Å². The van der Waals surface area contributed by atoms with Crippen LogP contribution in [0.25, 0.3) is 21.8 Å². The van der Waals surface area contributed by atoms with Gasteiger partial charge in [-0.15, -0.1) is 0 Å². The SMILES string of the molecule is CN(c1ccc(Cl)cc1)c1cc[n+](Cc2ccc(OCCOc3ccc(C[n+]4ccc(N(C)c5ccc(Cl)cc5)c5ccccc54)cc3)cc2)c2ccccc12. The summed E-state index contributed by atoms with van der Waals surface area (Å²) >= 11 is 12.3. The molecule has 0 bridgehead atoms. The Bertz CT molecular complexity index is 2400. The van der Waals surface area contributed by atoms with Crippen molar-refractivity contribution in [3.63, 3.8) is 0 Å². The fourth-order valence-corrected chi connectivity index (χ4v) is 7.36. The van der Waals surface area contributed by atoms with Gasteiger partial charge in [-0.05, 0) is 109 Å². The molecule has 0 radical (unpaired) electrons. The number of hydrogen-bond donors (Lipinski definition) is 0. The summed E-state index contributed by atoms with van der Waals surface area (Å²) in [6.07, 6.45) is 4.31. The third kappa shape index (κ3) is 8.27. The first kappa shape index (κ1) is 36.9. The quantitative estimate of drug-likeness (QED) is 0.0862. The topological polar surface area (TPSA) is 32.7 Å². The minimum Gasteiger partial charge on any atom is -0.490 e. The molecule has 0 spiro atoms. The maximum atomic E-state index is 6.14. The first-order chi connectivity index (χ1) is 27.4. The highest BCUT2D eigenvalue weighted by atomic mass is 35.5. The van der Waals surface area contributed by atoms with Crippen molar-refractivity contribution >= 4 is 67.8 Å². The number of para-hydroxylation sites is 2. The van der Waals surface area contributed by atoms with Gasteiger partial charge in [-0.1, -0.05) is 47.5 Å². The van der Waals surface area contributed by atoms with E-state index in [0.29, 0.717) is 13.2 Å². The zero-order valence-corrected chi connectivity index (χ0v) is 32.9. The smallest absolute Gasteiger partial charge is 0.214 e. The highest BCUT2D eigenvalue weighted by Crippen LogP contribution is 2.32. The van der Waals surface area contributed by atoms with Gasteiger partial charge in [0.25, 0.3) is 0 Å². The minimum atomic E-state index is 0.446. The van der Waals surface area contributed by atoms with E-state index in [1.165, 1.54) is 21.9 Å². The average molecular weight is 778 g/mol. The number of halogens is 2. The van der Waals surface area contributed by atoms with Crippen molar-refractivity contribution < 1.29 is 18.6 Å². The molecule has 0 atom stereocenters. The predicted octanol–water partition coefficient (Wildman–Crippen LogP) is 11.0. The lowest BCUT2D eigenvalue weighted by atomic mass is 10.1. The Morgan fingerprint density at radius 3 is 1.21 bits per heavy atom. The van der Waals surface area contributed by atoms with Crippen molar-refractivity contribution in [3.05, 3.63) is 191 Å². The van der Waals surface area contributed by atoms with Crippen LogP contribution in [0.3, 0.4) is 0 Å². The molecule has 0 unspecified atom stereocenters. The van der Waals surface area contributed by atoms with Gasteiger partial charge < -0.3 is 19.3 Å². The molecule has 6 aromatic carbocycles. The summed E-state index contributed by atoms with van der Waals surface area (Å²) in [5.41, 5.74) is 9.14. The molecule has 8 aromatic rings. The van der Waals surface area contributed by atoms with Gasteiger partial charge in [0, 0.05) is 70.9 Å². The van der Waals surface area contributed by atoms with Crippen LogP contribution in [0, 0.1) is 0 Å². The predicted molar refractivity (Wildman–Crippen MR) is 229 cm³/mol. The highest BCUT2D eigenvalue weighted by Gasteiger charge is 2.18. The number of hydrogen-bond acceptors (Lipinski definition) is 4. The largest absolute Gasteiger partial charge is 0.490 e. The Labute approximate surface area is 337 Å². The summed E-state index contributed by atoms with van der Waals surface area (Å²) in [5.74, 6) is 1.63. The van der Waals surface area contributed by atoms with E-state index in [4.69, 9.17) is 32.7 Å². The summed E-state index contributed by atoms with van der Waals surface area (Å²) in [4.78, 5) is 4.39. The van der Waals surface area contributed by atoms with Crippen LogP contribution in [-0.2, 0) is 13.1 Å². The second kappa shape index (κ2) is 16.7. The van der Waals surface area contributed by atoms with Gasteiger partial charge >= 0.3 is 0 Å². The number of aromatic nitrogens is 2. The normalized spacial score (nSPS) is 11.1. The molecule has 0 saturated heterocycles. The number of anilines is 4. The summed E-state index contributed by atoms with van der Waals surface area (Å²) in [6, 6.07) is 53.8. The lowest BCUT2D eigenvalue weighted by Gasteiger charge is -2.21. The van der Waals surface area contributed by atoms with Gasteiger partial charge in [0.1, 0.15) is 24.7 Å². The summed E-state index contributed by atoms with van der Waals surface area (Å²) in [5, 5.41) is 3.82. The lowest BCUT2D eigenvalue weighted by molar-refractivity contribution is -0.662. The second-order valence-corrected chi connectivity index (χ2v) is 14.6. The van der Waals surface area contributed by atoms with E-state index >= 15 is 0 Å². The van der Waals surface area contributed by atoms with Crippen molar-refractivity contribution in [1.29, 1.82) is 0 Å². The second-order valence-electron chi connectivity index (χ2n) is 13.7. The summed E-state index contributed by atoms with van der Waals surface area (Å²) < 4.78 is 16.6. The molecule has 0 aliphatic rings. The van der Waals surface area contributed by atoms with Crippen molar-refractivity contribution in [2.75, 3.05) is 37.1 Å². The van der Waals surface area contributed by atoms with Crippen LogP contribution in [-0.4, -0.2) is 27.3 Å². The van der Waals surface area contributed by atoms with Crippen LogP contribution >= 0.6 is 23.2 Å². The molecule has 0 N–H and O–H groups in total. The third-order valence-electron chi connectivity index (χ3n) is 10.1. The zero-order chi connectivity index (χ0) is 38.4. The summed E-state index contributed by atoms with van der Waals surface area (Å²) in [6.45, 7) is 2.38. The average Bonchev–Trinajstić information content (AvgIpc) is 3.24. The van der Waals surface area contributed by atoms with Crippen molar-refractivity contribution in [2.45, 2.75) is 13.1 Å². The van der Waals surface area contributed by atoms with Crippen molar-refractivity contribution in [3.8, 4) is 11.5 Å². The number of pyridine rings is 2. The number of nitrogens with zero attached hydrogens (tertiary/aromatic N) is 4. The standard InChI is InChI=1S/C48H42Cl2N4O2/c1-51(39-19-15-37(49)16-20-39)45-27-29-53(47-9-5-3-7-43(45)47)33-35-11-23-41(24-12-35)55-31-32-56-42-25-13-36(14-26-42)34-54-30-28-46(44-8-4-6-10-48(44)54)52(2)40-21-17-38(50)18-22-40/h3-30H,31-34H2,1-2H3/q+2. The third-order valence-corrected chi connectivity index (χ3v) is 10.6. The van der Waals surface area contributed by atoms with E-state index in [1.54, 1.807) is 0 Å². The van der Waals surface area contributed by atoms with E-state index in [1.807, 2.05) is 72.8 Å². The zero-order valence-electron chi connectivity index (χ0n) is 31.4. The molecular weight excluding hydrogens is 735 g/mol. The minimum absolute atomic E-state index is 0.446. The number of ether oxygens (including phenoxy) is 2. The van der Waals surface area contributed by atoms with Crippen molar-refractivity contribution in [2.24, 2.45) is 0 Å². The monoisotopic (exact) mass is 776 g/mol. The summed E-state index contributed by atoms with van der Waals surface area (Å²) in [7, 11) is 4.17. The molecule has 0 aliphatic heterocycles. The molecule has 0 saturated carbocycles. The van der Waals surface area contributed by atoms with Crippen LogP contribution in [0.1, 0.15) is 11.1 Å². The molecule has 0 aliphatic carbocycles. The Kier molecular flexibility index (Phi) is 11.0. The first-order valence-corrected chi connectivity index (χ1v) is 19.4. The first-order valence-electron chi connectivity index (χ1n) is 18.6. The van der Waals surface area contributed by atoms with E-state index < -0.39 is 0 Å². The maximum Gasteiger partial charge on any atom is 0.214 e. The van der Waals surface area contributed by atoms with Gasteiger partial charge in [-0.3, -0.25) is 0 Å². The highest BCUT2D eigenvalue weighted by molar-refractivity contribution is 6.31. The van der Waals surface area contributed by atoms with E-state index in [-0.39, 0.29) is 0 Å². The molecule has 8 heteroatoms. The molecule has 0 amide bonds. The molecule has 2 heterocycles. The van der Waals surface area contributed by atoms with Crippen LogP contribution in [0.15, 0.2) is 170 Å². The van der Waals surface area contributed by atoms with Gasteiger partial charge in [0.2, 0.25) is 11.0 Å². The number of rotatable bonds is 13. The van der Waals surface area contributed by atoms with Crippen LogP contribution in [0.4, 0.5) is 22.7 Å². The Morgan fingerprint density at radius 1 is 0.446 bits per heavy atom. The van der Waals surface area contributed by atoms with Crippen molar-refractivity contribution in [1.82, 2.24) is 0 Å². The molecule has 0 fully saturated rings. The Morgan fingerprint density at radius 2 is 0.821 bits per heavy atom. The lowest BCUT2D eigenvalue weighted by Crippen LogP contribution is -2.35. The van der Waals surface area contributed by atoms with E-state index in [9.17, 15) is 0 Å². The molecule has 8 rings (SSSR count). The number of fused-ring (bicyclic) bond motifs is 2. The fraction of sp³-hybridized carbons (Fsp3) is 0.125. The van der Waals surface area contributed by atoms with Gasteiger partial charge in [0.05, 0.1) is 22.1 Å². The van der Waals surface area contributed by atoms with Gasteiger partial charge in [0.15, 0.2) is 25.5 Å². The van der Waals surface area contributed by atoms with E-state index in [0.717, 1.165) is 68.4 Å². The molecular formula is C48H42Cl2N4O2+2. The Balaban J connectivity index is 0.848. The Hall–Kier alpha value is -6.08. The van der Waals surface area contributed by atoms with Gasteiger partial charge in [-0.25, -0.2) is 0 Å². The molecule has 56 heavy (non-hydrogen) atoms. The molecule has 6 nitrogen and oxygen atoms in total. The molecule has 278 valence electrons. The van der Waals surface area contributed by atoms with Crippen LogP contribution in [0.2, 0.25) is 10.0 Å². The number of benzene rings is 6.